The van der Waals surface area contributed by atoms with E-state index in [9.17, 15) is 4.21 Å². The van der Waals surface area contributed by atoms with Crippen molar-refractivity contribution in [3.63, 3.8) is 0 Å². The van der Waals surface area contributed by atoms with Crippen LogP contribution in [0.4, 0.5) is 0 Å². The second kappa shape index (κ2) is 4.89. The van der Waals surface area contributed by atoms with E-state index in [2.05, 4.69) is 10.2 Å². The molecule has 1 aromatic heterocycles. The van der Waals surface area contributed by atoms with Gasteiger partial charge in [0, 0.05) is 6.26 Å². The van der Waals surface area contributed by atoms with Gasteiger partial charge in [0.05, 0.1) is 10.8 Å². The third kappa shape index (κ3) is 2.15. The summed E-state index contributed by atoms with van der Waals surface area (Å²) in [5.41, 5.74) is 2.19. The van der Waals surface area contributed by atoms with Crippen molar-refractivity contribution in [3.8, 4) is 0 Å². The molecule has 0 amide bonds. The first-order chi connectivity index (χ1) is 6.61. The molecule has 1 atom stereocenters. The minimum atomic E-state index is -1.04. The monoisotopic (exact) mass is 230 g/mol. The first-order valence-electron chi connectivity index (χ1n) is 4.35. The summed E-state index contributed by atoms with van der Waals surface area (Å²) < 4.78 is 11.4. The predicted octanol–water partition coefficient (Wildman–Crippen LogP) is 1.81. The summed E-state index contributed by atoms with van der Waals surface area (Å²) >= 11 is 1.57. The van der Waals surface area contributed by atoms with Crippen LogP contribution in [0.15, 0.2) is 10.1 Å². The molecule has 0 N–H and O–H groups in total. The van der Waals surface area contributed by atoms with Crippen molar-refractivity contribution in [1.29, 1.82) is 0 Å². The van der Waals surface area contributed by atoms with Crippen LogP contribution in [0.1, 0.15) is 18.1 Å². The topological polar surface area (TPSA) is 42.9 Å². The average Bonchev–Trinajstić information content (AvgIpc) is 2.17. The Morgan fingerprint density at radius 3 is 2.50 bits per heavy atom. The molecule has 0 saturated carbocycles. The maximum Gasteiger partial charge on any atom is 0.153 e. The van der Waals surface area contributed by atoms with Crippen molar-refractivity contribution in [2.24, 2.45) is 0 Å². The van der Waals surface area contributed by atoms with Crippen LogP contribution >= 0.6 is 11.8 Å². The highest BCUT2D eigenvalue weighted by atomic mass is 32.2. The summed E-state index contributed by atoms with van der Waals surface area (Å²) in [5.74, 6) is 0. The number of thioether (sulfide) groups is 1. The van der Waals surface area contributed by atoms with Crippen molar-refractivity contribution in [2.75, 3.05) is 12.5 Å². The zero-order valence-electron chi connectivity index (χ0n) is 8.83. The quantitative estimate of drug-likeness (QED) is 0.743. The molecule has 1 heterocycles. The number of aromatic nitrogens is 2. The number of nitrogens with zero attached hydrogens (tertiary/aromatic N) is 2. The molecule has 0 aliphatic rings. The molecule has 0 saturated heterocycles. The summed E-state index contributed by atoms with van der Waals surface area (Å²) in [5, 5.41) is 9.61. The lowest BCUT2D eigenvalue weighted by Crippen LogP contribution is -2.05. The van der Waals surface area contributed by atoms with Gasteiger partial charge >= 0.3 is 0 Å². The van der Waals surface area contributed by atoms with E-state index in [4.69, 9.17) is 0 Å². The van der Waals surface area contributed by atoms with Crippen LogP contribution in [-0.4, -0.2) is 26.9 Å². The molecular formula is C9H14N2OS2. The fourth-order valence-electron chi connectivity index (χ4n) is 1.36. The highest BCUT2D eigenvalue weighted by Crippen LogP contribution is 2.23. The van der Waals surface area contributed by atoms with E-state index in [0.29, 0.717) is 5.03 Å². The van der Waals surface area contributed by atoms with E-state index in [1.54, 1.807) is 18.0 Å². The van der Waals surface area contributed by atoms with Crippen LogP contribution in [0.2, 0.25) is 0 Å². The van der Waals surface area contributed by atoms with E-state index >= 15 is 0 Å². The molecule has 0 spiro atoms. The Balaban J connectivity index is 3.35. The Hall–Kier alpha value is -0.420. The van der Waals surface area contributed by atoms with Crippen molar-refractivity contribution >= 4 is 22.6 Å². The Morgan fingerprint density at radius 2 is 2.07 bits per heavy atom. The molecule has 3 nitrogen and oxygen atoms in total. The van der Waals surface area contributed by atoms with Gasteiger partial charge in [-0.25, -0.2) is 0 Å². The van der Waals surface area contributed by atoms with Crippen LogP contribution in [0.3, 0.4) is 0 Å². The molecule has 0 fully saturated rings. The largest absolute Gasteiger partial charge is 0.253 e. The van der Waals surface area contributed by atoms with E-state index in [1.165, 1.54) is 0 Å². The molecule has 1 rings (SSSR count). The lowest BCUT2D eigenvalue weighted by molar-refractivity contribution is 0.676. The maximum atomic E-state index is 11.4. The number of rotatable bonds is 3. The lowest BCUT2D eigenvalue weighted by Gasteiger charge is -2.09. The second-order valence-electron chi connectivity index (χ2n) is 2.93. The van der Waals surface area contributed by atoms with Crippen LogP contribution in [0, 0.1) is 6.92 Å². The van der Waals surface area contributed by atoms with Gasteiger partial charge in [0.1, 0.15) is 5.03 Å². The van der Waals surface area contributed by atoms with Crippen molar-refractivity contribution < 1.29 is 4.21 Å². The van der Waals surface area contributed by atoms with E-state index in [0.717, 1.165) is 22.6 Å². The van der Waals surface area contributed by atoms with Gasteiger partial charge in [0.15, 0.2) is 5.03 Å². The summed E-state index contributed by atoms with van der Waals surface area (Å²) in [6.07, 6.45) is 4.46. The number of hydrogen-bond acceptors (Lipinski definition) is 4. The van der Waals surface area contributed by atoms with Crippen LogP contribution in [0.25, 0.3) is 0 Å². The van der Waals surface area contributed by atoms with Crippen LogP contribution < -0.4 is 0 Å². The van der Waals surface area contributed by atoms with Gasteiger partial charge in [-0.2, -0.15) is 0 Å². The number of hydrogen-bond donors (Lipinski definition) is 0. The summed E-state index contributed by atoms with van der Waals surface area (Å²) in [4.78, 5) is 0. The third-order valence-corrected chi connectivity index (χ3v) is 3.73. The zero-order chi connectivity index (χ0) is 10.7. The van der Waals surface area contributed by atoms with Gasteiger partial charge in [0.25, 0.3) is 0 Å². The van der Waals surface area contributed by atoms with E-state index in [1.807, 2.05) is 20.1 Å². The molecule has 14 heavy (non-hydrogen) atoms. The summed E-state index contributed by atoms with van der Waals surface area (Å²) in [7, 11) is -1.04. The molecule has 0 radical (unpaired) electrons. The molecule has 0 bridgehead atoms. The Morgan fingerprint density at radius 1 is 1.43 bits per heavy atom. The molecule has 0 aliphatic heterocycles. The van der Waals surface area contributed by atoms with Gasteiger partial charge in [-0.3, -0.25) is 4.21 Å². The SMILES string of the molecule is CCc1c(S(C)=O)nnc(SC)c1C. The first-order valence-corrected chi connectivity index (χ1v) is 7.13. The first kappa shape index (κ1) is 11.7. The molecule has 0 aromatic carbocycles. The summed E-state index contributed by atoms with van der Waals surface area (Å²) in [6.45, 7) is 4.06. The van der Waals surface area contributed by atoms with E-state index < -0.39 is 10.8 Å². The lowest BCUT2D eigenvalue weighted by atomic mass is 10.1. The smallest absolute Gasteiger partial charge is 0.153 e. The van der Waals surface area contributed by atoms with Gasteiger partial charge in [-0.15, -0.1) is 22.0 Å². The minimum absolute atomic E-state index is 0.628. The normalized spacial score (nSPS) is 12.9. The molecule has 78 valence electrons. The highest BCUT2D eigenvalue weighted by molar-refractivity contribution is 7.98. The van der Waals surface area contributed by atoms with Crippen molar-refractivity contribution in [1.82, 2.24) is 10.2 Å². The molecule has 5 heteroatoms. The molecule has 0 aliphatic carbocycles. The van der Waals surface area contributed by atoms with Gasteiger partial charge in [-0.05, 0) is 30.7 Å². The molecular weight excluding hydrogens is 216 g/mol. The molecule has 1 unspecified atom stereocenters. The third-order valence-electron chi connectivity index (χ3n) is 2.08. The van der Waals surface area contributed by atoms with Gasteiger partial charge < -0.3 is 0 Å². The fraction of sp³-hybridized carbons (Fsp3) is 0.556. The standard InChI is InChI=1S/C9H14N2OS2/c1-5-7-6(2)8(13-3)10-11-9(7)14(4)12/h5H2,1-4H3. The van der Waals surface area contributed by atoms with Crippen LogP contribution in [-0.2, 0) is 17.2 Å². The van der Waals surface area contributed by atoms with Crippen LogP contribution in [0.5, 0.6) is 0 Å². The van der Waals surface area contributed by atoms with Crippen molar-refractivity contribution in [2.45, 2.75) is 30.3 Å². The van der Waals surface area contributed by atoms with Gasteiger partial charge in [-0.1, -0.05) is 6.92 Å². The fourth-order valence-corrected chi connectivity index (χ4v) is 2.71. The molecule has 1 aromatic rings. The average molecular weight is 230 g/mol. The summed E-state index contributed by atoms with van der Waals surface area (Å²) in [6, 6.07) is 0. The van der Waals surface area contributed by atoms with Crippen molar-refractivity contribution in [3.05, 3.63) is 11.1 Å². The van der Waals surface area contributed by atoms with E-state index in [-0.39, 0.29) is 0 Å². The Kier molecular flexibility index (Phi) is 4.07. The predicted molar refractivity (Wildman–Crippen MR) is 60.3 cm³/mol. The van der Waals surface area contributed by atoms with Gasteiger partial charge in [0.2, 0.25) is 0 Å². The zero-order valence-corrected chi connectivity index (χ0v) is 10.5. The highest BCUT2D eigenvalue weighted by Gasteiger charge is 2.13. The minimum Gasteiger partial charge on any atom is -0.253 e. The second-order valence-corrected chi connectivity index (χ2v) is 5.02. The Bertz CT molecular complexity index is 366. The Labute approximate surface area is 91.2 Å². The maximum absolute atomic E-state index is 11.4.